The lowest BCUT2D eigenvalue weighted by atomic mass is 9.85. The van der Waals surface area contributed by atoms with Gasteiger partial charge in [-0.3, -0.25) is 9.59 Å². The van der Waals surface area contributed by atoms with Gasteiger partial charge in [-0.05, 0) is 33.1 Å². The van der Waals surface area contributed by atoms with Crippen molar-refractivity contribution in [3.63, 3.8) is 0 Å². The number of likely N-dealkylation sites (N-methyl/N-ethyl adjacent to an activating group) is 1. The third kappa shape index (κ3) is 5.23. The van der Waals surface area contributed by atoms with Crippen molar-refractivity contribution < 1.29 is 9.59 Å². The van der Waals surface area contributed by atoms with Gasteiger partial charge in [-0.2, -0.15) is 0 Å². The molecule has 1 aliphatic carbocycles. The van der Waals surface area contributed by atoms with E-state index in [9.17, 15) is 9.59 Å². The van der Waals surface area contributed by atoms with Crippen LogP contribution in [-0.2, 0) is 9.59 Å². The molecule has 0 radical (unpaired) electrons. The van der Waals surface area contributed by atoms with Crippen molar-refractivity contribution >= 4 is 24.2 Å². The smallest absolute Gasteiger partial charge is 0.242 e. The number of nitrogens with one attached hydrogen (secondary N) is 2. The largest absolute Gasteiger partial charge is 0.355 e. The van der Waals surface area contributed by atoms with Crippen molar-refractivity contribution in [2.24, 2.45) is 11.7 Å². The molecule has 0 aromatic carbocycles. The molecule has 6 heteroatoms. The maximum atomic E-state index is 11.9. The Morgan fingerprint density at radius 3 is 2.61 bits per heavy atom. The van der Waals surface area contributed by atoms with Crippen molar-refractivity contribution in [1.82, 2.24) is 10.6 Å². The zero-order chi connectivity index (χ0) is 12.8. The molecule has 1 rings (SSSR count). The fourth-order valence-corrected chi connectivity index (χ4v) is 2.19. The van der Waals surface area contributed by atoms with Gasteiger partial charge in [0.2, 0.25) is 11.8 Å². The predicted molar refractivity (Wildman–Crippen MR) is 73.5 cm³/mol. The molecule has 5 nitrogen and oxygen atoms in total. The van der Waals surface area contributed by atoms with Crippen LogP contribution in [0.1, 0.15) is 39.5 Å². The number of hydrogen-bond acceptors (Lipinski definition) is 3. The average Bonchev–Trinajstić information content (AvgIpc) is 2.29. The predicted octanol–water partition coefficient (Wildman–Crippen LogP) is 0.567. The van der Waals surface area contributed by atoms with E-state index in [0.29, 0.717) is 6.54 Å². The molecule has 0 aliphatic heterocycles. The first-order valence-corrected chi connectivity index (χ1v) is 6.38. The lowest BCUT2D eigenvalue weighted by Gasteiger charge is -2.26. The number of hydrogen-bond donors (Lipinski definition) is 3. The molecule has 0 aromatic rings. The van der Waals surface area contributed by atoms with Crippen molar-refractivity contribution in [3.8, 4) is 0 Å². The first kappa shape index (κ1) is 17.2. The lowest BCUT2D eigenvalue weighted by molar-refractivity contribution is -0.131. The summed E-state index contributed by atoms with van der Waals surface area (Å²) < 4.78 is 0. The molecule has 0 bridgehead atoms. The minimum absolute atomic E-state index is 0. The maximum Gasteiger partial charge on any atom is 0.242 e. The highest BCUT2D eigenvalue weighted by atomic mass is 35.5. The van der Waals surface area contributed by atoms with Gasteiger partial charge in [0.05, 0.1) is 0 Å². The first-order valence-electron chi connectivity index (χ1n) is 6.38. The van der Waals surface area contributed by atoms with E-state index in [4.69, 9.17) is 5.73 Å². The Bertz CT molecular complexity index is 286. The molecular formula is C12H24ClN3O2. The molecular weight excluding hydrogens is 254 g/mol. The minimum Gasteiger partial charge on any atom is -0.355 e. The molecule has 1 saturated carbocycles. The highest BCUT2D eigenvalue weighted by Gasteiger charge is 2.27. The number of halogens is 1. The maximum absolute atomic E-state index is 11.9. The molecule has 0 saturated heterocycles. The summed E-state index contributed by atoms with van der Waals surface area (Å²) in [6, 6.07) is -0.347. The summed E-state index contributed by atoms with van der Waals surface area (Å²) in [6.07, 6.45) is 3.60. The Balaban J connectivity index is 0.00000289. The Hall–Kier alpha value is -0.810. The summed E-state index contributed by atoms with van der Waals surface area (Å²) in [5, 5.41) is 5.43. The Kier molecular flexibility index (Phi) is 7.95. The molecule has 0 aromatic heterocycles. The zero-order valence-electron chi connectivity index (χ0n) is 11.1. The summed E-state index contributed by atoms with van der Waals surface area (Å²) in [5.41, 5.74) is 5.84. The molecule has 0 heterocycles. The van der Waals surface area contributed by atoms with Crippen molar-refractivity contribution in [2.75, 3.05) is 6.54 Å². The van der Waals surface area contributed by atoms with Crippen LogP contribution in [-0.4, -0.2) is 30.4 Å². The van der Waals surface area contributed by atoms with Gasteiger partial charge < -0.3 is 16.4 Å². The topological polar surface area (TPSA) is 84.2 Å². The van der Waals surface area contributed by atoms with E-state index < -0.39 is 6.04 Å². The molecule has 3 atom stereocenters. The zero-order valence-corrected chi connectivity index (χ0v) is 11.9. The van der Waals surface area contributed by atoms with Gasteiger partial charge >= 0.3 is 0 Å². The molecule has 106 valence electrons. The van der Waals surface area contributed by atoms with Crippen LogP contribution < -0.4 is 16.4 Å². The number of carbonyl (C=O) groups is 2. The number of nitrogens with two attached hydrogens (primary N) is 1. The van der Waals surface area contributed by atoms with Crippen molar-refractivity contribution in [3.05, 3.63) is 0 Å². The molecule has 0 spiro atoms. The summed E-state index contributed by atoms with van der Waals surface area (Å²) in [4.78, 5) is 23.4. The third-order valence-corrected chi connectivity index (χ3v) is 3.19. The minimum atomic E-state index is -0.472. The van der Waals surface area contributed by atoms with Gasteiger partial charge in [0.25, 0.3) is 0 Å². The van der Waals surface area contributed by atoms with E-state index in [-0.39, 0.29) is 36.2 Å². The first-order chi connectivity index (χ1) is 8.04. The van der Waals surface area contributed by atoms with Crippen molar-refractivity contribution in [1.29, 1.82) is 0 Å². The fraction of sp³-hybridized carbons (Fsp3) is 0.833. The Morgan fingerprint density at radius 1 is 1.39 bits per heavy atom. The Labute approximate surface area is 115 Å². The van der Waals surface area contributed by atoms with Crippen molar-refractivity contribution in [2.45, 2.75) is 51.6 Å². The number of carbonyl (C=O) groups excluding carboxylic acids is 2. The molecule has 1 aliphatic rings. The van der Waals surface area contributed by atoms with Gasteiger partial charge in [0, 0.05) is 18.5 Å². The standard InChI is InChI=1S/C12H23N3O2.ClH/c1-3-14-11(16)8(2)15-12(17)9-5-4-6-10(13)7-9;/h8-10H,3-7,13H2,1-2H3,(H,14,16)(H,15,17);1H. The SMILES string of the molecule is CCNC(=O)C(C)NC(=O)C1CCCC(N)C1.Cl. The van der Waals surface area contributed by atoms with E-state index in [2.05, 4.69) is 10.6 Å². The van der Waals surface area contributed by atoms with Gasteiger partial charge in [0.15, 0.2) is 0 Å². The summed E-state index contributed by atoms with van der Waals surface area (Å²) in [7, 11) is 0. The second-order valence-corrected chi connectivity index (χ2v) is 4.75. The summed E-state index contributed by atoms with van der Waals surface area (Å²) in [5.74, 6) is -0.213. The number of amides is 2. The van der Waals surface area contributed by atoms with E-state index in [1.807, 2.05) is 6.92 Å². The van der Waals surface area contributed by atoms with Gasteiger partial charge in [-0.15, -0.1) is 12.4 Å². The molecule has 18 heavy (non-hydrogen) atoms. The van der Waals surface area contributed by atoms with Gasteiger partial charge in [-0.25, -0.2) is 0 Å². The molecule has 1 fully saturated rings. The van der Waals surface area contributed by atoms with Gasteiger partial charge in [0.1, 0.15) is 6.04 Å². The normalized spacial score (nSPS) is 24.6. The highest BCUT2D eigenvalue weighted by Crippen LogP contribution is 2.23. The van der Waals surface area contributed by atoms with E-state index in [1.165, 1.54) is 0 Å². The van der Waals surface area contributed by atoms with Crippen LogP contribution in [0, 0.1) is 5.92 Å². The fourth-order valence-electron chi connectivity index (χ4n) is 2.19. The average molecular weight is 278 g/mol. The van der Waals surface area contributed by atoms with Crippen LogP contribution >= 0.6 is 12.4 Å². The van der Waals surface area contributed by atoms with Crippen LogP contribution in [0.3, 0.4) is 0 Å². The third-order valence-electron chi connectivity index (χ3n) is 3.19. The summed E-state index contributed by atoms with van der Waals surface area (Å²) >= 11 is 0. The monoisotopic (exact) mass is 277 g/mol. The van der Waals surface area contributed by atoms with E-state index in [1.54, 1.807) is 6.92 Å². The van der Waals surface area contributed by atoms with Crippen LogP contribution in [0.4, 0.5) is 0 Å². The van der Waals surface area contributed by atoms with E-state index >= 15 is 0 Å². The molecule has 2 amide bonds. The van der Waals surface area contributed by atoms with Crippen LogP contribution in [0.2, 0.25) is 0 Å². The molecule has 4 N–H and O–H groups in total. The number of rotatable bonds is 4. The Morgan fingerprint density at radius 2 is 2.06 bits per heavy atom. The summed E-state index contributed by atoms with van der Waals surface area (Å²) in [6.45, 7) is 4.13. The van der Waals surface area contributed by atoms with Gasteiger partial charge in [-0.1, -0.05) is 6.42 Å². The quantitative estimate of drug-likeness (QED) is 0.702. The van der Waals surface area contributed by atoms with Crippen LogP contribution in [0.25, 0.3) is 0 Å². The second kappa shape index (κ2) is 8.32. The van der Waals surface area contributed by atoms with Crippen LogP contribution in [0.5, 0.6) is 0 Å². The van der Waals surface area contributed by atoms with Crippen LogP contribution in [0.15, 0.2) is 0 Å². The highest BCUT2D eigenvalue weighted by molar-refractivity contribution is 5.88. The molecule has 3 unspecified atom stereocenters. The lowest BCUT2D eigenvalue weighted by Crippen LogP contribution is -2.48. The van der Waals surface area contributed by atoms with E-state index in [0.717, 1.165) is 25.7 Å². The second-order valence-electron chi connectivity index (χ2n) is 4.75.